The van der Waals surface area contributed by atoms with Crippen molar-refractivity contribution in [2.45, 2.75) is 26.4 Å². The summed E-state index contributed by atoms with van der Waals surface area (Å²) in [5.74, 6) is 0.985. The summed E-state index contributed by atoms with van der Waals surface area (Å²) >= 11 is 0. The molecule has 0 amide bonds. The summed E-state index contributed by atoms with van der Waals surface area (Å²) in [7, 11) is 4.17. The lowest BCUT2D eigenvalue weighted by molar-refractivity contribution is 0.101. The first-order valence-corrected chi connectivity index (χ1v) is 7.18. The van der Waals surface area contributed by atoms with Crippen molar-refractivity contribution in [1.29, 1.82) is 0 Å². The van der Waals surface area contributed by atoms with Gasteiger partial charge in [-0.3, -0.25) is 4.79 Å². The van der Waals surface area contributed by atoms with E-state index >= 15 is 0 Å². The molecule has 1 aromatic rings. The average molecular weight is 276 g/mol. The van der Waals surface area contributed by atoms with Crippen LogP contribution >= 0.6 is 0 Å². The van der Waals surface area contributed by atoms with E-state index in [0.717, 1.165) is 43.1 Å². The SMILES string of the molecule is CC(=O)c1ccc2c(c1)N(CCCN(C)C)CC(C)O2. The van der Waals surface area contributed by atoms with Crippen molar-refractivity contribution in [2.75, 3.05) is 38.6 Å². The molecule has 1 aromatic carbocycles. The number of hydrogen-bond donors (Lipinski definition) is 0. The zero-order chi connectivity index (χ0) is 14.7. The molecule has 1 heterocycles. The maximum Gasteiger partial charge on any atom is 0.159 e. The number of rotatable bonds is 5. The van der Waals surface area contributed by atoms with Crippen molar-refractivity contribution in [2.24, 2.45) is 0 Å². The van der Waals surface area contributed by atoms with E-state index in [1.54, 1.807) is 6.92 Å². The van der Waals surface area contributed by atoms with Crippen LogP contribution in [0.25, 0.3) is 0 Å². The van der Waals surface area contributed by atoms with Gasteiger partial charge in [-0.2, -0.15) is 0 Å². The van der Waals surface area contributed by atoms with Gasteiger partial charge in [0.05, 0.1) is 12.2 Å². The second kappa shape index (κ2) is 6.27. The molecule has 1 unspecified atom stereocenters. The molecule has 0 saturated carbocycles. The molecule has 110 valence electrons. The molecule has 1 atom stereocenters. The lowest BCUT2D eigenvalue weighted by Crippen LogP contribution is -2.39. The van der Waals surface area contributed by atoms with Gasteiger partial charge in [-0.05, 0) is 59.1 Å². The van der Waals surface area contributed by atoms with E-state index in [-0.39, 0.29) is 11.9 Å². The number of carbonyl (C=O) groups excluding carboxylic acids is 1. The van der Waals surface area contributed by atoms with Gasteiger partial charge in [0.1, 0.15) is 11.9 Å². The highest BCUT2D eigenvalue weighted by atomic mass is 16.5. The van der Waals surface area contributed by atoms with Crippen LogP contribution in [0.3, 0.4) is 0 Å². The summed E-state index contributed by atoms with van der Waals surface area (Å²) < 4.78 is 5.86. The van der Waals surface area contributed by atoms with E-state index in [1.807, 2.05) is 18.2 Å². The molecule has 0 aromatic heterocycles. The van der Waals surface area contributed by atoms with Crippen LogP contribution in [0.4, 0.5) is 5.69 Å². The molecule has 20 heavy (non-hydrogen) atoms. The van der Waals surface area contributed by atoms with Crippen molar-refractivity contribution in [3.8, 4) is 5.75 Å². The highest BCUT2D eigenvalue weighted by Crippen LogP contribution is 2.34. The Kier molecular flexibility index (Phi) is 4.65. The molecule has 0 bridgehead atoms. The Morgan fingerprint density at radius 3 is 2.85 bits per heavy atom. The van der Waals surface area contributed by atoms with Crippen molar-refractivity contribution >= 4 is 11.5 Å². The fourth-order valence-electron chi connectivity index (χ4n) is 2.54. The topological polar surface area (TPSA) is 32.8 Å². The van der Waals surface area contributed by atoms with Gasteiger partial charge in [-0.15, -0.1) is 0 Å². The molecule has 0 radical (unpaired) electrons. The number of hydrogen-bond acceptors (Lipinski definition) is 4. The van der Waals surface area contributed by atoms with Gasteiger partial charge in [-0.1, -0.05) is 0 Å². The number of nitrogens with zero attached hydrogens (tertiary/aromatic N) is 2. The van der Waals surface area contributed by atoms with Crippen LogP contribution in [-0.2, 0) is 0 Å². The van der Waals surface area contributed by atoms with Crippen LogP contribution in [0.15, 0.2) is 18.2 Å². The number of Topliss-reactive ketones (excluding diaryl/α,β-unsaturated/α-hetero) is 1. The third kappa shape index (κ3) is 3.51. The Bertz CT molecular complexity index is 485. The summed E-state index contributed by atoms with van der Waals surface area (Å²) in [6.07, 6.45) is 1.29. The van der Waals surface area contributed by atoms with Gasteiger partial charge in [0.15, 0.2) is 5.78 Å². The predicted molar refractivity (Wildman–Crippen MR) is 81.9 cm³/mol. The Labute approximate surface area is 121 Å². The van der Waals surface area contributed by atoms with Crippen LogP contribution in [0.2, 0.25) is 0 Å². The Morgan fingerprint density at radius 2 is 2.20 bits per heavy atom. The summed E-state index contributed by atoms with van der Waals surface area (Å²) in [6.45, 7) is 6.61. The molecular weight excluding hydrogens is 252 g/mol. The average Bonchev–Trinajstić information content (AvgIpc) is 2.37. The molecule has 2 rings (SSSR count). The fraction of sp³-hybridized carbons (Fsp3) is 0.562. The molecule has 0 aliphatic carbocycles. The Balaban J connectivity index is 2.18. The fourth-order valence-corrected chi connectivity index (χ4v) is 2.54. The van der Waals surface area contributed by atoms with Crippen molar-refractivity contribution in [3.63, 3.8) is 0 Å². The predicted octanol–water partition coefficient (Wildman–Crippen LogP) is 2.43. The second-order valence-corrected chi connectivity index (χ2v) is 5.77. The number of carbonyl (C=O) groups is 1. The highest BCUT2D eigenvalue weighted by Gasteiger charge is 2.23. The molecular formula is C16H24N2O2. The van der Waals surface area contributed by atoms with Crippen molar-refractivity contribution in [3.05, 3.63) is 23.8 Å². The molecule has 0 fully saturated rings. The summed E-state index contributed by atoms with van der Waals surface area (Å²) in [5, 5.41) is 0. The zero-order valence-corrected chi connectivity index (χ0v) is 12.8. The number of ether oxygens (including phenoxy) is 1. The van der Waals surface area contributed by atoms with Crippen LogP contribution < -0.4 is 9.64 Å². The lowest BCUT2D eigenvalue weighted by atomic mass is 10.1. The van der Waals surface area contributed by atoms with E-state index in [0.29, 0.717) is 0 Å². The zero-order valence-electron chi connectivity index (χ0n) is 12.8. The molecule has 1 aliphatic rings. The first-order valence-electron chi connectivity index (χ1n) is 7.18. The molecule has 4 heteroatoms. The van der Waals surface area contributed by atoms with Crippen LogP contribution in [-0.4, -0.2) is 50.5 Å². The van der Waals surface area contributed by atoms with Gasteiger partial charge in [0.25, 0.3) is 0 Å². The lowest BCUT2D eigenvalue weighted by Gasteiger charge is -2.35. The molecule has 0 saturated heterocycles. The quantitative estimate of drug-likeness (QED) is 0.773. The largest absolute Gasteiger partial charge is 0.487 e. The maximum atomic E-state index is 11.5. The molecule has 0 N–H and O–H groups in total. The van der Waals surface area contributed by atoms with Crippen LogP contribution in [0.1, 0.15) is 30.6 Å². The summed E-state index contributed by atoms with van der Waals surface area (Å²) in [6, 6.07) is 5.72. The van der Waals surface area contributed by atoms with Crippen molar-refractivity contribution in [1.82, 2.24) is 4.90 Å². The third-order valence-corrected chi connectivity index (χ3v) is 3.55. The van der Waals surface area contributed by atoms with E-state index in [1.165, 1.54) is 0 Å². The standard InChI is InChI=1S/C16H24N2O2/c1-12-11-18(9-5-8-17(3)4)15-10-14(13(2)19)6-7-16(15)20-12/h6-7,10,12H,5,8-9,11H2,1-4H3. The summed E-state index contributed by atoms with van der Waals surface area (Å²) in [5.41, 5.74) is 1.80. The van der Waals surface area contributed by atoms with Gasteiger partial charge in [-0.25, -0.2) is 0 Å². The van der Waals surface area contributed by atoms with Crippen molar-refractivity contribution < 1.29 is 9.53 Å². The summed E-state index contributed by atoms with van der Waals surface area (Å²) in [4.78, 5) is 16.1. The van der Waals surface area contributed by atoms with Crippen LogP contribution in [0, 0.1) is 0 Å². The van der Waals surface area contributed by atoms with Crippen LogP contribution in [0.5, 0.6) is 5.75 Å². The minimum Gasteiger partial charge on any atom is -0.487 e. The van der Waals surface area contributed by atoms with E-state index < -0.39 is 0 Å². The number of ketones is 1. The van der Waals surface area contributed by atoms with E-state index in [2.05, 4.69) is 30.8 Å². The smallest absolute Gasteiger partial charge is 0.159 e. The Hall–Kier alpha value is -1.55. The minimum atomic E-state index is 0.0969. The third-order valence-electron chi connectivity index (χ3n) is 3.55. The van der Waals surface area contributed by atoms with Gasteiger partial charge >= 0.3 is 0 Å². The van der Waals surface area contributed by atoms with E-state index in [4.69, 9.17) is 4.74 Å². The minimum absolute atomic E-state index is 0.0969. The second-order valence-electron chi connectivity index (χ2n) is 5.77. The molecule has 4 nitrogen and oxygen atoms in total. The monoisotopic (exact) mass is 276 g/mol. The van der Waals surface area contributed by atoms with Gasteiger partial charge < -0.3 is 14.5 Å². The number of benzene rings is 1. The normalized spacial score (nSPS) is 17.9. The first-order chi connectivity index (χ1) is 9.47. The number of anilines is 1. The van der Waals surface area contributed by atoms with E-state index in [9.17, 15) is 4.79 Å². The molecule has 0 spiro atoms. The maximum absolute atomic E-state index is 11.5. The van der Waals surface area contributed by atoms with Gasteiger partial charge in [0, 0.05) is 12.1 Å². The molecule has 1 aliphatic heterocycles. The first kappa shape index (κ1) is 14.9. The highest BCUT2D eigenvalue weighted by molar-refractivity contribution is 5.95. The number of fused-ring (bicyclic) bond motifs is 1. The Morgan fingerprint density at radius 1 is 1.45 bits per heavy atom. The van der Waals surface area contributed by atoms with Gasteiger partial charge in [0.2, 0.25) is 0 Å².